The van der Waals surface area contributed by atoms with Crippen LogP contribution in [0.25, 0.3) is 10.2 Å². The molecule has 1 N–H and O–H groups in total. The Morgan fingerprint density at radius 2 is 2.04 bits per heavy atom. The number of methoxy groups -OCH3 is 2. The molecular formula is C17H17N3O3S. The summed E-state index contributed by atoms with van der Waals surface area (Å²) in [5, 5.41) is 3.41. The van der Waals surface area contributed by atoms with Crippen molar-refractivity contribution < 1.29 is 14.3 Å². The summed E-state index contributed by atoms with van der Waals surface area (Å²) in [6, 6.07) is 7.48. The number of anilines is 1. The number of fused-ring (bicyclic) bond motifs is 1. The molecule has 0 fully saturated rings. The van der Waals surface area contributed by atoms with Crippen LogP contribution in [0.3, 0.4) is 0 Å². The quantitative estimate of drug-likeness (QED) is 0.743. The van der Waals surface area contributed by atoms with Gasteiger partial charge in [-0.2, -0.15) is 0 Å². The van der Waals surface area contributed by atoms with Crippen LogP contribution in [-0.2, 0) is 11.2 Å². The zero-order valence-corrected chi connectivity index (χ0v) is 14.2. The minimum absolute atomic E-state index is 0.0724. The Bertz CT molecular complexity index is 808. The Morgan fingerprint density at radius 1 is 1.25 bits per heavy atom. The van der Waals surface area contributed by atoms with Crippen molar-refractivity contribution in [3.8, 4) is 11.5 Å². The number of hydrogen-bond acceptors (Lipinski definition) is 6. The molecule has 6 nitrogen and oxygen atoms in total. The minimum atomic E-state index is -0.0724. The molecule has 3 rings (SSSR count). The number of hydrogen-bond donors (Lipinski definition) is 1. The Balaban J connectivity index is 1.69. The SMILES string of the molecule is COc1cc2nc(NC(=O)CCc3cccnc3)sc2cc1OC. The van der Waals surface area contributed by atoms with Crippen LogP contribution in [0.5, 0.6) is 11.5 Å². The molecule has 7 heteroatoms. The van der Waals surface area contributed by atoms with Gasteiger partial charge in [0.05, 0.1) is 24.4 Å². The zero-order valence-electron chi connectivity index (χ0n) is 13.4. The molecule has 124 valence electrons. The first-order valence-electron chi connectivity index (χ1n) is 7.41. The van der Waals surface area contributed by atoms with Crippen LogP contribution in [0.15, 0.2) is 36.7 Å². The molecule has 1 amide bonds. The number of ether oxygens (including phenoxy) is 2. The van der Waals surface area contributed by atoms with Crippen molar-refractivity contribution in [1.82, 2.24) is 9.97 Å². The first-order chi connectivity index (χ1) is 11.7. The molecule has 0 aliphatic carbocycles. The van der Waals surface area contributed by atoms with E-state index in [0.29, 0.717) is 29.5 Å². The lowest BCUT2D eigenvalue weighted by Gasteiger charge is -2.05. The van der Waals surface area contributed by atoms with Crippen molar-refractivity contribution in [2.45, 2.75) is 12.8 Å². The van der Waals surface area contributed by atoms with E-state index >= 15 is 0 Å². The molecule has 0 spiro atoms. The second-order valence-corrected chi connectivity index (χ2v) is 6.13. The third kappa shape index (κ3) is 3.62. The van der Waals surface area contributed by atoms with Crippen LogP contribution in [0.1, 0.15) is 12.0 Å². The highest BCUT2D eigenvalue weighted by Gasteiger charge is 2.12. The number of carbonyl (C=O) groups excluding carboxylic acids is 1. The summed E-state index contributed by atoms with van der Waals surface area (Å²) >= 11 is 1.41. The predicted octanol–water partition coefficient (Wildman–Crippen LogP) is 3.28. The van der Waals surface area contributed by atoms with Gasteiger partial charge in [-0.25, -0.2) is 4.98 Å². The molecule has 0 radical (unpaired) electrons. The minimum Gasteiger partial charge on any atom is -0.493 e. The monoisotopic (exact) mass is 343 g/mol. The Labute approximate surface area is 143 Å². The topological polar surface area (TPSA) is 73.3 Å². The van der Waals surface area contributed by atoms with E-state index in [1.54, 1.807) is 32.7 Å². The van der Waals surface area contributed by atoms with Crippen LogP contribution < -0.4 is 14.8 Å². The summed E-state index contributed by atoms with van der Waals surface area (Å²) in [6.45, 7) is 0. The summed E-state index contributed by atoms with van der Waals surface area (Å²) in [7, 11) is 3.17. The summed E-state index contributed by atoms with van der Waals surface area (Å²) in [5.41, 5.74) is 1.80. The van der Waals surface area contributed by atoms with Crippen molar-refractivity contribution in [2.75, 3.05) is 19.5 Å². The molecule has 0 aliphatic heterocycles. The highest BCUT2D eigenvalue weighted by molar-refractivity contribution is 7.22. The number of pyridine rings is 1. The largest absolute Gasteiger partial charge is 0.493 e. The lowest BCUT2D eigenvalue weighted by atomic mass is 10.1. The van der Waals surface area contributed by atoms with Gasteiger partial charge in [0, 0.05) is 30.9 Å². The van der Waals surface area contributed by atoms with Crippen molar-refractivity contribution in [3.63, 3.8) is 0 Å². The third-order valence-electron chi connectivity index (χ3n) is 3.50. The number of nitrogens with one attached hydrogen (secondary N) is 1. The van der Waals surface area contributed by atoms with Gasteiger partial charge < -0.3 is 14.8 Å². The number of amides is 1. The molecule has 0 atom stereocenters. The number of aromatic nitrogens is 2. The predicted molar refractivity (Wildman–Crippen MR) is 93.9 cm³/mol. The molecule has 0 saturated carbocycles. The summed E-state index contributed by atoms with van der Waals surface area (Å²) in [6.07, 6.45) is 4.51. The number of nitrogens with zero attached hydrogens (tertiary/aromatic N) is 2. The van der Waals surface area contributed by atoms with Crippen LogP contribution in [0.2, 0.25) is 0 Å². The molecule has 0 aliphatic rings. The molecule has 3 aromatic rings. The van der Waals surface area contributed by atoms with Gasteiger partial charge in [0.15, 0.2) is 16.6 Å². The molecule has 1 aromatic carbocycles. The first-order valence-corrected chi connectivity index (χ1v) is 8.22. The van der Waals surface area contributed by atoms with E-state index in [4.69, 9.17) is 9.47 Å². The average molecular weight is 343 g/mol. The highest BCUT2D eigenvalue weighted by Crippen LogP contribution is 2.36. The molecule has 0 bridgehead atoms. The zero-order chi connectivity index (χ0) is 16.9. The van der Waals surface area contributed by atoms with E-state index in [-0.39, 0.29) is 5.91 Å². The fourth-order valence-corrected chi connectivity index (χ4v) is 3.19. The van der Waals surface area contributed by atoms with Gasteiger partial charge in [0.1, 0.15) is 0 Å². The number of rotatable bonds is 6. The van der Waals surface area contributed by atoms with E-state index in [9.17, 15) is 4.79 Å². The molecule has 2 aromatic heterocycles. The first kappa shape index (κ1) is 16.2. The summed E-state index contributed by atoms with van der Waals surface area (Å²) in [5.74, 6) is 1.18. The van der Waals surface area contributed by atoms with Crippen LogP contribution in [0, 0.1) is 0 Å². The van der Waals surface area contributed by atoms with Crippen molar-refractivity contribution in [1.29, 1.82) is 0 Å². The normalized spacial score (nSPS) is 10.6. The van der Waals surface area contributed by atoms with Crippen LogP contribution in [0.4, 0.5) is 5.13 Å². The Hall–Kier alpha value is -2.67. The Morgan fingerprint density at radius 3 is 2.75 bits per heavy atom. The van der Waals surface area contributed by atoms with Gasteiger partial charge in [-0.05, 0) is 18.1 Å². The Kier molecular flexibility index (Phi) is 4.90. The van der Waals surface area contributed by atoms with Gasteiger partial charge in [0.25, 0.3) is 0 Å². The van der Waals surface area contributed by atoms with E-state index in [1.165, 1.54) is 11.3 Å². The van der Waals surface area contributed by atoms with E-state index in [2.05, 4.69) is 15.3 Å². The summed E-state index contributed by atoms with van der Waals surface area (Å²) < 4.78 is 11.5. The second-order valence-electron chi connectivity index (χ2n) is 5.10. The molecule has 0 unspecified atom stereocenters. The van der Waals surface area contributed by atoms with E-state index < -0.39 is 0 Å². The third-order valence-corrected chi connectivity index (χ3v) is 4.44. The van der Waals surface area contributed by atoms with Crippen LogP contribution in [-0.4, -0.2) is 30.1 Å². The maximum absolute atomic E-state index is 12.1. The molecular weight excluding hydrogens is 326 g/mol. The number of benzene rings is 1. The summed E-state index contributed by atoms with van der Waals surface area (Å²) in [4.78, 5) is 20.6. The maximum Gasteiger partial charge on any atom is 0.226 e. The smallest absolute Gasteiger partial charge is 0.226 e. The molecule has 2 heterocycles. The van der Waals surface area contributed by atoms with E-state index in [0.717, 1.165) is 15.8 Å². The van der Waals surface area contributed by atoms with E-state index in [1.807, 2.05) is 18.2 Å². The number of thiazole rings is 1. The second kappa shape index (κ2) is 7.27. The molecule has 0 saturated heterocycles. The highest BCUT2D eigenvalue weighted by atomic mass is 32.1. The molecule has 24 heavy (non-hydrogen) atoms. The van der Waals surface area contributed by atoms with Gasteiger partial charge in [-0.1, -0.05) is 17.4 Å². The number of aryl methyl sites for hydroxylation is 1. The number of carbonyl (C=O) groups is 1. The van der Waals surface area contributed by atoms with Gasteiger partial charge in [-0.3, -0.25) is 9.78 Å². The van der Waals surface area contributed by atoms with Crippen molar-refractivity contribution >= 4 is 32.6 Å². The van der Waals surface area contributed by atoms with Gasteiger partial charge >= 0.3 is 0 Å². The standard InChI is InChI=1S/C17H17N3O3S/c1-22-13-8-12-15(9-14(13)23-2)24-17(19-12)20-16(21)6-5-11-4-3-7-18-10-11/h3-4,7-10H,5-6H2,1-2H3,(H,19,20,21). The lowest BCUT2D eigenvalue weighted by molar-refractivity contribution is -0.116. The van der Waals surface area contributed by atoms with Gasteiger partial charge in [0.2, 0.25) is 5.91 Å². The fourth-order valence-electron chi connectivity index (χ4n) is 2.29. The van der Waals surface area contributed by atoms with Crippen LogP contribution >= 0.6 is 11.3 Å². The fraction of sp³-hybridized carbons (Fsp3) is 0.235. The van der Waals surface area contributed by atoms with Crippen molar-refractivity contribution in [3.05, 3.63) is 42.2 Å². The average Bonchev–Trinajstić information content (AvgIpc) is 3.00. The van der Waals surface area contributed by atoms with Gasteiger partial charge in [-0.15, -0.1) is 0 Å². The lowest BCUT2D eigenvalue weighted by Crippen LogP contribution is -2.12. The maximum atomic E-state index is 12.1. The van der Waals surface area contributed by atoms with Crippen molar-refractivity contribution in [2.24, 2.45) is 0 Å².